The van der Waals surface area contributed by atoms with E-state index in [4.69, 9.17) is 17.0 Å². The maximum absolute atomic E-state index is 12.2. The number of thiocarbonyl (C=S) groups is 1. The van der Waals surface area contributed by atoms with Gasteiger partial charge in [0.1, 0.15) is 0 Å². The maximum Gasteiger partial charge on any atom is 0.340 e. The topological polar surface area (TPSA) is 58.5 Å². The Morgan fingerprint density at radius 3 is 2.64 bits per heavy atom. The molecule has 0 aliphatic carbocycles. The third kappa shape index (κ3) is 3.61. The number of ether oxygens (including phenoxy) is 1. The molecule has 6 nitrogen and oxygen atoms in total. The van der Waals surface area contributed by atoms with Crippen molar-refractivity contribution in [1.29, 1.82) is 0 Å². The van der Waals surface area contributed by atoms with E-state index in [1.807, 2.05) is 48.1 Å². The largest absolute Gasteiger partial charge is 0.465 e. The molecule has 7 heteroatoms. The summed E-state index contributed by atoms with van der Waals surface area (Å²) in [4.78, 5) is 14.4. The number of rotatable bonds is 5. The van der Waals surface area contributed by atoms with E-state index in [1.165, 1.54) is 7.11 Å². The van der Waals surface area contributed by atoms with Crippen LogP contribution in [0.25, 0.3) is 5.69 Å². The van der Waals surface area contributed by atoms with Crippen LogP contribution in [-0.2, 0) is 4.74 Å². The molecule has 132 valence electrons. The summed E-state index contributed by atoms with van der Waals surface area (Å²) in [6.45, 7) is 4.47. The van der Waals surface area contributed by atoms with Crippen LogP contribution in [0.15, 0.2) is 42.7 Å². The van der Waals surface area contributed by atoms with Crippen LogP contribution in [0.3, 0.4) is 0 Å². The summed E-state index contributed by atoms with van der Waals surface area (Å²) in [5, 5.41) is 7.08. The molecule has 1 fully saturated rings. The van der Waals surface area contributed by atoms with Gasteiger partial charge in [-0.2, -0.15) is 0 Å². The monoisotopic (exact) mass is 358 g/mol. The van der Waals surface area contributed by atoms with Crippen molar-refractivity contribution in [1.82, 2.24) is 15.2 Å². The van der Waals surface area contributed by atoms with Crippen molar-refractivity contribution in [3.8, 4) is 5.69 Å². The van der Waals surface area contributed by atoms with E-state index in [0.717, 1.165) is 31.0 Å². The SMILES string of the molecule is CCNC(=S)NC1CN(c2cccc(C(=O)OC)c2-n2cccc2)C1. The van der Waals surface area contributed by atoms with Crippen molar-refractivity contribution < 1.29 is 9.53 Å². The van der Waals surface area contributed by atoms with E-state index in [-0.39, 0.29) is 5.97 Å². The second-order valence-electron chi connectivity index (χ2n) is 5.86. The molecule has 0 spiro atoms. The van der Waals surface area contributed by atoms with Crippen LogP contribution >= 0.6 is 12.2 Å². The summed E-state index contributed by atoms with van der Waals surface area (Å²) >= 11 is 5.24. The van der Waals surface area contributed by atoms with Gasteiger partial charge >= 0.3 is 5.97 Å². The molecule has 1 aliphatic rings. The van der Waals surface area contributed by atoms with Gasteiger partial charge in [0.2, 0.25) is 0 Å². The molecule has 25 heavy (non-hydrogen) atoms. The Kier molecular flexibility index (Phi) is 5.23. The van der Waals surface area contributed by atoms with Crippen molar-refractivity contribution in [2.75, 3.05) is 31.6 Å². The highest BCUT2D eigenvalue weighted by Gasteiger charge is 2.30. The quantitative estimate of drug-likeness (QED) is 0.629. The predicted octanol–water partition coefficient (Wildman–Crippen LogP) is 1.94. The Bertz CT molecular complexity index is 754. The van der Waals surface area contributed by atoms with Gasteiger partial charge in [0, 0.05) is 32.0 Å². The molecule has 1 aliphatic heterocycles. The van der Waals surface area contributed by atoms with Crippen LogP contribution in [0, 0.1) is 0 Å². The fourth-order valence-electron chi connectivity index (χ4n) is 2.98. The summed E-state index contributed by atoms with van der Waals surface area (Å²) in [6.07, 6.45) is 3.86. The molecule has 0 amide bonds. The van der Waals surface area contributed by atoms with E-state index in [2.05, 4.69) is 15.5 Å². The van der Waals surface area contributed by atoms with Crippen LogP contribution in [0.5, 0.6) is 0 Å². The van der Waals surface area contributed by atoms with Gasteiger partial charge in [0.05, 0.1) is 30.1 Å². The highest BCUT2D eigenvalue weighted by Crippen LogP contribution is 2.31. The lowest BCUT2D eigenvalue weighted by atomic mass is 10.0. The number of esters is 1. The van der Waals surface area contributed by atoms with Gasteiger partial charge in [-0.05, 0) is 43.4 Å². The minimum absolute atomic E-state index is 0.297. The molecule has 2 aromatic rings. The average Bonchev–Trinajstić information content (AvgIpc) is 3.11. The van der Waals surface area contributed by atoms with E-state index in [9.17, 15) is 4.79 Å². The van der Waals surface area contributed by atoms with Crippen LogP contribution < -0.4 is 15.5 Å². The van der Waals surface area contributed by atoms with Gasteiger partial charge in [-0.1, -0.05) is 6.07 Å². The normalized spacial score (nSPS) is 13.9. The number of methoxy groups -OCH3 is 1. The van der Waals surface area contributed by atoms with Crippen LogP contribution in [0.4, 0.5) is 5.69 Å². The third-order valence-electron chi connectivity index (χ3n) is 4.18. The first-order chi connectivity index (χ1) is 12.1. The first-order valence-corrected chi connectivity index (χ1v) is 8.68. The summed E-state index contributed by atoms with van der Waals surface area (Å²) in [7, 11) is 1.40. The van der Waals surface area contributed by atoms with Crippen LogP contribution in [-0.4, -0.2) is 48.4 Å². The minimum Gasteiger partial charge on any atom is -0.465 e. The Morgan fingerprint density at radius 1 is 1.28 bits per heavy atom. The van der Waals surface area contributed by atoms with Crippen LogP contribution in [0.2, 0.25) is 0 Å². The third-order valence-corrected chi connectivity index (χ3v) is 4.44. The molecule has 0 unspecified atom stereocenters. The smallest absolute Gasteiger partial charge is 0.340 e. The lowest BCUT2D eigenvalue weighted by Gasteiger charge is -2.42. The number of carbonyl (C=O) groups excluding carboxylic acids is 1. The Labute approximate surface area is 152 Å². The zero-order chi connectivity index (χ0) is 17.8. The minimum atomic E-state index is -0.339. The Hall–Kier alpha value is -2.54. The van der Waals surface area contributed by atoms with E-state index >= 15 is 0 Å². The highest BCUT2D eigenvalue weighted by molar-refractivity contribution is 7.80. The molecule has 1 aromatic heterocycles. The molecule has 0 radical (unpaired) electrons. The molecule has 0 saturated carbocycles. The Balaban J connectivity index is 1.83. The molecule has 1 saturated heterocycles. The number of nitrogens with zero attached hydrogens (tertiary/aromatic N) is 2. The number of nitrogens with one attached hydrogen (secondary N) is 2. The van der Waals surface area contributed by atoms with Gasteiger partial charge < -0.3 is 24.8 Å². The number of hydrogen-bond acceptors (Lipinski definition) is 4. The standard InChI is InChI=1S/C18H22N4O2S/c1-3-19-18(25)20-13-11-22(12-13)15-8-6-7-14(17(23)24-2)16(15)21-9-4-5-10-21/h4-10,13H,3,11-12H2,1-2H3,(H2,19,20,25). The molecular formula is C18H22N4O2S. The van der Waals surface area contributed by atoms with Crippen molar-refractivity contribution >= 4 is 29.0 Å². The predicted molar refractivity (Wildman–Crippen MR) is 103 cm³/mol. The summed E-state index contributed by atoms with van der Waals surface area (Å²) in [5.41, 5.74) is 2.40. The van der Waals surface area contributed by atoms with E-state index in [0.29, 0.717) is 16.7 Å². The zero-order valence-corrected chi connectivity index (χ0v) is 15.2. The maximum atomic E-state index is 12.2. The van der Waals surface area contributed by atoms with E-state index in [1.54, 1.807) is 6.07 Å². The molecule has 1 aromatic carbocycles. The molecule has 0 bridgehead atoms. The molecule has 2 N–H and O–H groups in total. The van der Waals surface area contributed by atoms with Gasteiger partial charge in [-0.25, -0.2) is 4.79 Å². The second-order valence-corrected chi connectivity index (χ2v) is 6.27. The molecule has 2 heterocycles. The number of para-hydroxylation sites is 1. The molecule has 0 atom stereocenters. The number of carbonyl (C=O) groups is 1. The molecular weight excluding hydrogens is 336 g/mol. The fourth-order valence-corrected chi connectivity index (χ4v) is 3.29. The second kappa shape index (κ2) is 7.57. The lowest BCUT2D eigenvalue weighted by molar-refractivity contribution is 0.0601. The average molecular weight is 358 g/mol. The molecule has 3 rings (SSSR count). The zero-order valence-electron chi connectivity index (χ0n) is 14.4. The van der Waals surface area contributed by atoms with Crippen molar-refractivity contribution in [3.05, 3.63) is 48.3 Å². The number of hydrogen-bond donors (Lipinski definition) is 2. The number of benzene rings is 1. The Morgan fingerprint density at radius 2 is 2.00 bits per heavy atom. The lowest BCUT2D eigenvalue weighted by Crippen LogP contribution is -2.61. The van der Waals surface area contributed by atoms with Crippen molar-refractivity contribution in [2.45, 2.75) is 13.0 Å². The van der Waals surface area contributed by atoms with Gasteiger partial charge in [-0.3, -0.25) is 0 Å². The van der Waals surface area contributed by atoms with Gasteiger partial charge in [-0.15, -0.1) is 0 Å². The van der Waals surface area contributed by atoms with Crippen molar-refractivity contribution in [3.63, 3.8) is 0 Å². The van der Waals surface area contributed by atoms with Gasteiger partial charge in [0.15, 0.2) is 5.11 Å². The first kappa shape index (κ1) is 17.3. The van der Waals surface area contributed by atoms with Gasteiger partial charge in [0.25, 0.3) is 0 Å². The van der Waals surface area contributed by atoms with E-state index < -0.39 is 0 Å². The first-order valence-electron chi connectivity index (χ1n) is 8.28. The summed E-state index contributed by atoms with van der Waals surface area (Å²) in [5.74, 6) is -0.339. The van der Waals surface area contributed by atoms with Crippen molar-refractivity contribution in [2.24, 2.45) is 0 Å². The highest BCUT2D eigenvalue weighted by atomic mass is 32.1. The number of aromatic nitrogens is 1. The van der Waals surface area contributed by atoms with Crippen LogP contribution in [0.1, 0.15) is 17.3 Å². The number of anilines is 1. The summed E-state index contributed by atoms with van der Waals surface area (Å²) < 4.78 is 6.90. The summed E-state index contributed by atoms with van der Waals surface area (Å²) in [6, 6.07) is 9.88. The fraction of sp³-hybridized carbons (Fsp3) is 0.333.